The van der Waals surface area contributed by atoms with Crippen molar-refractivity contribution in [3.63, 3.8) is 0 Å². The van der Waals surface area contributed by atoms with E-state index in [4.69, 9.17) is 28.5 Å². The Kier molecular flexibility index (Phi) is 5.29. The Labute approximate surface area is 93.6 Å². The van der Waals surface area contributed by atoms with Gasteiger partial charge in [-0.25, -0.2) is 0 Å². The Morgan fingerprint density at radius 2 is 1.60 bits per heavy atom. The second-order valence-electron chi connectivity index (χ2n) is 2.90. The van der Waals surface area contributed by atoms with Crippen molar-refractivity contribution in [1.29, 1.82) is 0 Å². The minimum atomic E-state index is -1.34. The molecule has 3 N–H and O–H groups in total. The summed E-state index contributed by atoms with van der Waals surface area (Å²) in [5, 5.41) is 27.6. The van der Waals surface area contributed by atoms with Crippen LogP contribution in [0, 0.1) is 0 Å². The summed E-state index contributed by atoms with van der Waals surface area (Å²) in [5.74, 6) is 0. The van der Waals surface area contributed by atoms with Gasteiger partial charge in [0.25, 0.3) is 0 Å². The smallest absolute Gasteiger partial charge is 0.114 e. The second-order valence-corrected chi connectivity index (χ2v) is 2.90. The molecule has 0 fully saturated rings. The van der Waals surface area contributed by atoms with E-state index in [0.29, 0.717) is 0 Å². The summed E-state index contributed by atoms with van der Waals surface area (Å²) in [6.07, 6.45) is -4.49. The molecule has 0 aliphatic carbocycles. The monoisotopic (exact) mass is 227 g/mol. The molecule has 0 spiro atoms. The van der Waals surface area contributed by atoms with E-state index < -0.39 is 58.9 Å². The van der Waals surface area contributed by atoms with E-state index in [1.807, 2.05) is 0 Å². The van der Waals surface area contributed by atoms with Crippen LogP contribution in [0.3, 0.4) is 0 Å². The summed E-state index contributed by atoms with van der Waals surface area (Å²) >= 11 is 0. The van der Waals surface area contributed by atoms with Crippen molar-refractivity contribution in [2.24, 2.45) is 0 Å². The molecule has 92 valence electrons. The first-order valence-electron chi connectivity index (χ1n) is 6.40. The molecule has 0 aromatic rings. The molecule has 0 amide bonds. The van der Waals surface area contributed by atoms with Gasteiger partial charge in [0.05, 0.1) is 17.3 Å². The normalized spacial score (nSPS) is 22.2. The van der Waals surface area contributed by atoms with E-state index in [9.17, 15) is 5.11 Å². The average molecular weight is 227 g/mol. The van der Waals surface area contributed by atoms with Crippen LogP contribution < -0.4 is 0 Å². The molecule has 0 saturated heterocycles. The largest absolute Gasteiger partial charge is 0.394 e. The summed E-state index contributed by atoms with van der Waals surface area (Å²) in [7, 11) is -1.40. The number of aliphatic hydroxyl groups is 3. The highest BCUT2D eigenvalue weighted by Gasteiger charge is 2.34. The van der Waals surface area contributed by atoms with Crippen LogP contribution in [-0.2, 0) is 14.2 Å². The quantitative estimate of drug-likeness (QED) is 0.462. The fourth-order valence-electron chi connectivity index (χ4n) is 1.19. The van der Waals surface area contributed by atoms with Crippen molar-refractivity contribution < 1.29 is 33.6 Å². The Morgan fingerprint density at radius 1 is 1.00 bits per heavy atom. The maximum atomic E-state index is 9.57. The highest BCUT2D eigenvalue weighted by Crippen LogP contribution is 2.13. The SMILES string of the molecule is [2H]CO[C@@H]([C@H](OC[2H])[C@H](CO)OC[2H])[C@H](O)CO. The van der Waals surface area contributed by atoms with E-state index in [0.717, 1.165) is 0 Å². The van der Waals surface area contributed by atoms with E-state index in [1.165, 1.54) is 0 Å². The predicted molar refractivity (Wildman–Crippen MR) is 52.6 cm³/mol. The summed E-state index contributed by atoms with van der Waals surface area (Å²) in [5.41, 5.74) is 0. The van der Waals surface area contributed by atoms with Gasteiger partial charge in [0.1, 0.15) is 24.4 Å². The maximum absolute atomic E-state index is 9.57. The van der Waals surface area contributed by atoms with Gasteiger partial charge in [0, 0.05) is 21.3 Å². The second kappa shape index (κ2) is 7.98. The number of hydrogen-bond acceptors (Lipinski definition) is 6. The lowest BCUT2D eigenvalue weighted by Gasteiger charge is -2.32. The van der Waals surface area contributed by atoms with Crippen LogP contribution in [0.15, 0.2) is 0 Å². The zero-order chi connectivity index (χ0) is 14.0. The molecule has 6 nitrogen and oxygen atoms in total. The van der Waals surface area contributed by atoms with Crippen molar-refractivity contribution in [3.05, 3.63) is 0 Å². The lowest BCUT2D eigenvalue weighted by Crippen LogP contribution is -2.49. The van der Waals surface area contributed by atoms with E-state index in [2.05, 4.69) is 0 Å². The molecule has 0 radical (unpaired) electrons. The highest BCUT2D eigenvalue weighted by molar-refractivity contribution is 4.83. The van der Waals surface area contributed by atoms with Gasteiger partial charge >= 0.3 is 0 Å². The van der Waals surface area contributed by atoms with Crippen LogP contribution in [-0.4, -0.2) is 74.2 Å². The minimum absolute atomic E-state index is 0.439. The van der Waals surface area contributed by atoms with Crippen LogP contribution in [0.25, 0.3) is 0 Å². The maximum Gasteiger partial charge on any atom is 0.114 e. The van der Waals surface area contributed by atoms with E-state index in [1.54, 1.807) is 0 Å². The van der Waals surface area contributed by atoms with Crippen LogP contribution in [0.4, 0.5) is 0 Å². The van der Waals surface area contributed by atoms with Gasteiger partial charge in [-0.15, -0.1) is 0 Å². The van der Waals surface area contributed by atoms with Crippen LogP contribution in [0.5, 0.6) is 0 Å². The zero-order valence-electron chi connectivity index (χ0n) is 11.4. The molecule has 0 aliphatic heterocycles. The van der Waals surface area contributed by atoms with Gasteiger partial charge in [-0.2, -0.15) is 0 Å². The molecule has 15 heavy (non-hydrogen) atoms. The molecule has 0 unspecified atom stereocenters. The molecule has 0 aromatic heterocycles. The Balaban J connectivity index is 4.85. The Hall–Kier alpha value is -0.240. The molecule has 0 aromatic carbocycles. The van der Waals surface area contributed by atoms with Gasteiger partial charge in [-0.3, -0.25) is 0 Å². The van der Waals surface area contributed by atoms with Gasteiger partial charge in [-0.05, 0) is 0 Å². The average Bonchev–Trinajstić information content (AvgIpc) is 2.39. The molecule has 0 aliphatic rings. The minimum Gasteiger partial charge on any atom is -0.394 e. The van der Waals surface area contributed by atoms with E-state index in [-0.39, 0.29) is 0 Å². The first-order valence-corrected chi connectivity index (χ1v) is 4.28. The van der Waals surface area contributed by atoms with Crippen molar-refractivity contribution in [2.75, 3.05) is 34.5 Å². The van der Waals surface area contributed by atoms with Gasteiger partial charge in [0.2, 0.25) is 0 Å². The number of hydrogen-bond donors (Lipinski definition) is 3. The third-order valence-corrected chi connectivity index (χ3v) is 2.04. The van der Waals surface area contributed by atoms with Crippen molar-refractivity contribution in [1.82, 2.24) is 0 Å². The van der Waals surface area contributed by atoms with Crippen LogP contribution in [0.1, 0.15) is 4.11 Å². The fourth-order valence-corrected chi connectivity index (χ4v) is 1.19. The highest BCUT2D eigenvalue weighted by atomic mass is 16.6. The summed E-state index contributed by atoms with van der Waals surface area (Å²) in [6, 6.07) is 0. The zero-order valence-corrected chi connectivity index (χ0v) is 8.41. The topological polar surface area (TPSA) is 88.4 Å². The summed E-state index contributed by atoms with van der Waals surface area (Å²) in [4.78, 5) is 0. The lowest BCUT2D eigenvalue weighted by atomic mass is 10.0. The third-order valence-electron chi connectivity index (χ3n) is 2.04. The standard InChI is InChI=1S/C9H20O6/c1-13-7(5-11)9(15-3)8(14-2)6(12)4-10/h6-12H,4-5H2,1-3H3/t6-,7+,8-,9-/m1/s1/i1D,2D,3D. The molecular formula is C9H20O6. The van der Waals surface area contributed by atoms with Crippen molar-refractivity contribution in [3.8, 4) is 0 Å². The Morgan fingerprint density at radius 3 is 2.07 bits per heavy atom. The Bertz CT molecular complexity index is 199. The third kappa shape index (κ3) is 4.02. The number of rotatable bonds is 8. The lowest BCUT2D eigenvalue weighted by molar-refractivity contribution is -0.156. The van der Waals surface area contributed by atoms with Crippen molar-refractivity contribution >= 4 is 0 Å². The summed E-state index contributed by atoms with van der Waals surface area (Å²) < 4.78 is 35.7. The summed E-state index contributed by atoms with van der Waals surface area (Å²) in [6.45, 7) is -1.12. The van der Waals surface area contributed by atoms with Crippen LogP contribution in [0.2, 0.25) is 0 Å². The molecule has 0 bridgehead atoms. The first-order chi connectivity index (χ1) is 8.65. The van der Waals surface area contributed by atoms with Crippen molar-refractivity contribution in [2.45, 2.75) is 24.4 Å². The number of aliphatic hydroxyl groups excluding tert-OH is 3. The number of methoxy groups -OCH3 is 3. The molecule has 0 heterocycles. The van der Waals surface area contributed by atoms with Gasteiger partial charge in [-0.1, -0.05) is 0 Å². The first kappa shape index (κ1) is 9.95. The predicted octanol–water partition coefficient (Wildman–Crippen LogP) is -1.62. The molecule has 0 saturated carbocycles. The molecule has 4 atom stereocenters. The number of ether oxygens (including phenoxy) is 3. The van der Waals surface area contributed by atoms with E-state index >= 15 is 0 Å². The fraction of sp³-hybridized carbons (Fsp3) is 1.00. The van der Waals surface area contributed by atoms with Gasteiger partial charge < -0.3 is 29.5 Å². The molecule has 6 heteroatoms. The van der Waals surface area contributed by atoms with Gasteiger partial charge in [0.15, 0.2) is 0 Å². The molecular weight excluding hydrogens is 204 g/mol. The van der Waals surface area contributed by atoms with Crippen LogP contribution >= 0.6 is 0 Å². The molecule has 0 rings (SSSR count).